The van der Waals surface area contributed by atoms with Crippen LogP contribution in [0.25, 0.3) is 0 Å². The van der Waals surface area contributed by atoms with Crippen LogP contribution in [0.3, 0.4) is 0 Å². The van der Waals surface area contributed by atoms with Crippen LogP contribution < -0.4 is 0 Å². The third kappa shape index (κ3) is 64.0. The summed E-state index contributed by atoms with van der Waals surface area (Å²) in [6.45, 7) is 12.6. The molecule has 0 aliphatic heterocycles. The van der Waals surface area contributed by atoms with Gasteiger partial charge in [0.2, 0.25) is 0 Å². The van der Waals surface area contributed by atoms with Crippen molar-refractivity contribution in [1.29, 1.82) is 5.26 Å². The van der Waals surface area contributed by atoms with E-state index in [1.54, 1.807) is 6.07 Å². The van der Waals surface area contributed by atoms with Crippen molar-refractivity contribution < 1.29 is 15.4 Å². The lowest BCUT2D eigenvalue weighted by molar-refractivity contribution is -0.134. The van der Waals surface area contributed by atoms with Crippen molar-refractivity contribution in [2.24, 2.45) is 0 Å². The van der Waals surface area contributed by atoms with Crippen LogP contribution >= 0.6 is 0 Å². The van der Waals surface area contributed by atoms with Gasteiger partial charge < -0.3 is 15.5 Å². The van der Waals surface area contributed by atoms with Crippen molar-refractivity contribution in [2.75, 3.05) is 19.6 Å². The van der Waals surface area contributed by atoms with Gasteiger partial charge in [0, 0.05) is 13.8 Å². The molecule has 0 saturated carbocycles. The molecule has 0 aromatic heterocycles. The molecule has 0 fully saturated rings. The van der Waals surface area contributed by atoms with Crippen LogP contribution in [-0.2, 0) is 4.79 Å². The molecule has 92 valence electrons. The Morgan fingerprint density at radius 3 is 1.40 bits per heavy atom. The molecule has 0 bridgehead atoms. The molecular formula is C10H24N2O3. The zero-order valence-corrected chi connectivity index (χ0v) is 10.4. The molecule has 3 N–H and O–H groups in total. The van der Waals surface area contributed by atoms with Gasteiger partial charge >= 0.3 is 0 Å². The fraction of sp³-hybridized carbons (Fsp3) is 0.800. The molecule has 0 rings (SSSR count). The predicted molar refractivity (Wildman–Crippen MR) is 61.7 cm³/mol. The lowest BCUT2D eigenvalue weighted by Crippen LogP contribution is -2.21. The number of nitrogens with zero attached hydrogens (tertiary/aromatic N) is 2. The Hall–Kier alpha value is -1.12. The van der Waals surface area contributed by atoms with Gasteiger partial charge in [-0.15, -0.1) is 0 Å². The van der Waals surface area contributed by atoms with Crippen molar-refractivity contribution in [3.63, 3.8) is 0 Å². The molecule has 0 amide bonds. The fourth-order valence-electron chi connectivity index (χ4n) is 0.671. The average Bonchev–Trinajstić information content (AvgIpc) is 2.08. The van der Waals surface area contributed by atoms with Crippen LogP contribution in [0, 0.1) is 11.3 Å². The summed E-state index contributed by atoms with van der Waals surface area (Å²) < 4.78 is 0. The highest BCUT2D eigenvalue weighted by Crippen LogP contribution is 1.81. The number of nitriles is 1. The van der Waals surface area contributed by atoms with E-state index < -0.39 is 5.97 Å². The molecule has 0 aromatic rings. The Morgan fingerprint density at radius 2 is 1.40 bits per heavy atom. The second-order valence-electron chi connectivity index (χ2n) is 2.36. The predicted octanol–water partition coefficient (Wildman–Crippen LogP) is 1.14. The molecule has 0 radical (unpaired) electrons. The van der Waals surface area contributed by atoms with E-state index in [2.05, 4.69) is 25.7 Å². The highest BCUT2D eigenvalue weighted by atomic mass is 16.4. The molecule has 0 heterocycles. The molecule has 5 heteroatoms. The first-order valence-electron chi connectivity index (χ1n) is 4.72. The van der Waals surface area contributed by atoms with Gasteiger partial charge in [-0.2, -0.15) is 5.26 Å². The topological polar surface area (TPSA) is 95.8 Å². The molecule has 5 nitrogen and oxygen atoms in total. The minimum atomic E-state index is -0.833. The van der Waals surface area contributed by atoms with Gasteiger partial charge in [-0.25, -0.2) is 0 Å². The number of carbonyl (C=O) groups is 1. The summed E-state index contributed by atoms with van der Waals surface area (Å²) in [6.07, 6.45) is 0. The summed E-state index contributed by atoms with van der Waals surface area (Å²) in [7, 11) is 0. The quantitative estimate of drug-likeness (QED) is 0.771. The zero-order valence-electron chi connectivity index (χ0n) is 10.4. The van der Waals surface area contributed by atoms with Crippen molar-refractivity contribution in [3.8, 4) is 6.07 Å². The maximum absolute atomic E-state index is 9.00. The monoisotopic (exact) mass is 220 g/mol. The van der Waals surface area contributed by atoms with Gasteiger partial charge in [-0.1, -0.05) is 20.8 Å². The van der Waals surface area contributed by atoms with Crippen LogP contribution in [0.4, 0.5) is 0 Å². The van der Waals surface area contributed by atoms with E-state index in [-0.39, 0.29) is 5.48 Å². The van der Waals surface area contributed by atoms with Crippen LogP contribution in [0.5, 0.6) is 0 Å². The number of carboxylic acid groups (broad SMARTS) is 1. The summed E-state index contributed by atoms with van der Waals surface area (Å²) >= 11 is 0. The first-order chi connectivity index (χ1) is 6.49. The van der Waals surface area contributed by atoms with E-state index in [9.17, 15) is 0 Å². The molecule has 0 spiro atoms. The largest absolute Gasteiger partial charge is 0.481 e. The van der Waals surface area contributed by atoms with Crippen molar-refractivity contribution in [2.45, 2.75) is 34.6 Å². The Kier molecular flexibility index (Phi) is 36.3. The molecular weight excluding hydrogens is 196 g/mol. The average molecular weight is 220 g/mol. The smallest absolute Gasteiger partial charge is 0.300 e. The van der Waals surface area contributed by atoms with E-state index in [1.807, 2.05) is 0 Å². The van der Waals surface area contributed by atoms with Crippen LogP contribution in [-0.4, -0.2) is 41.1 Å². The third-order valence-corrected chi connectivity index (χ3v) is 1.34. The van der Waals surface area contributed by atoms with Crippen molar-refractivity contribution in [1.82, 2.24) is 4.90 Å². The Bertz CT molecular complexity index is 142. The van der Waals surface area contributed by atoms with Crippen molar-refractivity contribution in [3.05, 3.63) is 0 Å². The number of hydrogen-bond donors (Lipinski definition) is 1. The molecule has 0 aliphatic carbocycles. The zero-order chi connectivity index (χ0) is 12.0. The third-order valence-electron chi connectivity index (χ3n) is 1.34. The van der Waals surface area contributed by atoms with Gasteiger partial charge in [-0.3, -0.25) is 4.79 Å². The number of hydrogen-bond acceptors (Lipinski definition) is 3. The van der Waals surface area contributed by atoms with Gasteiger partial charge in [0.15, 0.2) is 0 Å². The van der Waals surface area contributed by atoms with E-state index in [1.165, 1.54) is 26.6 Å². The standard InChI is InChI=1S/C6H15N.C2H3N.C2H4O2.H2O/c1-4-7(5-2)6-3;1-2-3;1-2(3)4;/h4-6H2,1-3H3;1H3;1H3,(H,3,4);1H2. The maximum Gasteiger partial charge on any atom is 0.300 e. The first kappa shape index (κ1) is 23.6. The fourth-order valence-corrected chi connectivity index (χ4v) is 0.671. The van der Waals surface area contributed by atoms with Crippen molar-refractivity contribution >= 4 is 5.97 Å². The van der Waals surface area contributed by atoms with E-state index in [0.717, 1.165) is 6.92 Å². The van der Waals surface area contributed by atoms with Crippen LogP contribution in [0.15, 0.2) is 0 Å². The summed E-state index contributed by atoms with van der Waals surface area (Å²) in [6, 6.07) is 1.75. The molecule has 0 saturated heterocycles. The highest BCUT2D eigenvalue weighted by molar-refractivity contribution is 5.62. The first-order valence-corrected chi connectivity index (χ1v) is 4.72. The molecule has 0 unspecified atom stereocenters. The summed E-state index contributed by atoms with van der Waals surface area (Å²) in [5, 5.41) is 14.7. The van der Waals surface area contributed by atoms with E-state index >= 15 is 0 Å². The minimum absolute atomic E-state index is 0. The van der Waals surface area contributed by atoms with Gasteiger partial charge in [0.25, 0.3) is 5.97 Å². The van der Waals surface area contributed by atoms with E-state index in [0.29, 0.717) is 0 Å². The summed E-state index contributed by atoms with van der Waals surface area (Å²) in [5.41, 5.74) is 0. The van der Waals surface area contributed by atoms with Crippen LogP contribution in [0.2, 0.25) is 0 Å². The van der Waals surface area contributed by atoms with Crippen LogP contribution in [0.1, 0.15) is 34.6 Å². The van der Waals surface area contributed by atoms with Gasteiger partial charge in [0.05, 0.1) is 6.07 Å². The number of aliphatic carboxylic acids is 1. The lowest BCUT2D eigenvalue weighted by atomic mass is 10.5. The van der Waals surface area contributed by atoms with Gasteiger partial charge in [-0.05, 0) is 19.6 Å². The SMILES string of the molecule is CC#N.CC(=O)O.CCN(CC)CC.O. The maximum atomic E-state index is 9.00. The summed E-state index contributed by atoms with van der Waals surface area (Å²) in [4.78, 5) is 11.4. The normalized spacial score (nSPS) is 7.00. The Morgan fingerprint density at radius 1 is 1.27 bits per heavy atom. The molecule has 0 aromatic carbocycles. The number of rotatable bonds is 3. The molecule has 0 atom stereocenters. The minimum Gasteiger partial charge on any atom is -0.481 e. The molecule has 15 heavy (non-hydrogen) atoms. The second kappa shape index (κ2) is 23.1. The van der Waals surface area contributed by atoms with Gasteiger partial charge in [0.1, 0.15) is 0 Å². The van der Waals surface area contributed by atoms with E-state index in [4.69, 9.17) is 15.2 Å². The summed E-state index contributed by atoms with van der Waals surface area (Å²) in [5.74, 6) is -0.833. The Labute approximate surface area is 92.6 Å². The number of carboxylic acids is 1. The second-order valence-corrected chi connectivity index (χ2v) is 2.36. The highest BCUT2D eigenvalue weighted by Gasteiger charge is 1.89. The Balaban J connectivity index is -0.0000000654. The lowest BCUT2D eigenvalue weighted by Gasteiger charge is -2.13. The molecule has 0 aliphatic rings.